The van der Waals surface area contributed by atoms with Crippen molar-refractivity contribution in [2.75, 3.05) is 18.5 Å². The van der Waals surface area contributed by atoms with Gasteiger partial charge in [0, 0.05) is 13.2 Å². The number of aromatic nitrogens is 2. The molecule has 0 saturated carbocycles. The number of anilines is 1. The Labute approximate surface area is 96.6 Å². The molecule has 1 aromatic rings. The number of hydrogen-bond donors (Lipinski definition) is 2. The Kier molecular flexibility index (Phi) is 4.56. The molecule has 15 heavy (non-hydrogen) atoms. The van der Waals surface area contributed by atoms with E-state index < -0.39 is 0 Å². The summed E-state index contributed by atoms with van der Waals surface area (Å²) < 4.78 is 0. The van der Waals surface area contributed by atoms with Gasteiger partial charge in [0.25, 0.3) is 0 Å². The standard InChI is InChI=1S/C8H8Cl2N4O/c9-7-5(4-11)6(8(10)14-13-7)12-2-1-3-15/h15H,1-3H2,(H,12,13). The van der Waals surface area contributed by atoms with Crippen molar-refractivity contribution in [3.05, 3.63) is 15.9 Å². The molecule has 0 unspecified atom stereocenters. The number of aliphatic hydroxyl groups is 1. The molecule has 0 amide bonds. The Bertz CT molecular complexity index is 391. The van der Waals surface area contributed by atoms with Crippen LogP contribution in [0, 0.1) is 11.3 Å². The van der Waals surface area contributed by atoms with Crippen LogP contribution in [-0.4, -0.2) is 28.5 Å². The van der Waals surface area contributed by atoms with Crippen LogP contribution in [0.5, 0.6) is 0 Å². The minimum absolute atomic E-state index is 0.00778. The zero-order valence-electron chi connectivity index (χ0n) is 7.67. The van der Waals surface area contributed by atoms with Crippen LogP contribution in [0.15, 0.2) is 0 Å². The first-order valence-electron chi connectivity index (χ1n) is 4.17. The van der Waals surface area contributed by atoms with Gasteiger partial charge in [-0.3, -0.25) is 0 Å². The predicted molar refractivity (Wildman–Crippen MR) is 57.0 cm³/mol. The van der Waals surface area contributed by atoms with Gasteiger partial charge in [0.2, 0.25) is 0 Å². The number of nitrogens with one attached hydrogen (secondary N) is 1. The Morgan fingerprint density at radius 2 is 2.00 bits per heavy atom. The van der Waals surface area contributed by atoms with E-state index in [1.54, 1.807) is 0 Å². The van der Waals surface area contributed by atoms with E-state index in [0.29, 0.717) is 18.7 Å². The first-order chi connectivity index (χ1) is 7.20. The van der Waals surface area contributed by atoms with Gasteiger partial charge in [0.05, 0.1) is 5.69 Å². The van der Waals surface area contributed by atoms with Crippen molar-refractivity contribution in [1.82, 2.24) is 10.2 Å². The maximum atomic E-state index is 8.83. The Hall–Kier alpha value is -1.09. The molecule has 1 aromatic heterocycles. The Morgan fingerprint density at radius 1 is 1.33 bits per heavy atom. The molecule has 0 aliphatic rings. The van der Waals surface area contributed by atoms with Crippen LogP contribution in [0.25, 0.3) is 0 Å². The van der Waals surface area contributed by atoms with Crippen molar-refractivity contribution in [3.8, 4) is 6.07 Å². The highest BCUT2D eigenvalue weighted by atomic mass is 35.5. The average molecular weight is 247 g/mol. The van der Waals surface area contributed by atoms with Crippen molar-refractivity contribution < 1.29 is 5.11 Å². The predicted octanol–water partition coefficient (Wildman–Crippen LogP) is 1.45. The van der Waals surface area contributed by atoms with Gasteiger partial charge in [0.15, 0.2) is 10.3 Å². The van der Waals surface area contributed by atoms with Crippen molar-refractivity contribution in [3.63, 3.8) is 0 Å². The molecule has 0 bridgehead atoms. The summed E-state index contributed by atoms with van der Waals surface area (Å²) in [6.07, 6.45) is 0.543. The molecule has 2 N–H and O–H groups in total. The first-order valence-corrected chi connectivity index (χ1v) is 4.92. The fraction of sp³-hybridized carbons (Fsp3) is 0.375. The zero-order chi connectivity index (χ0) is 11.3. The first kappa shape index (κ1) is 12.0. The monoisotopic (exact) mass is 246 g/mol. The average Bonchev–Trinajstić information content (AvgIpc) is 2.23. The molecular weight excluding hydrogens is 239 g/mol. The molecular formula is C8H8Cl2N4O. The van der Waals surface area contributed by atoms with Crippen molar-refractivity contribution in [2.24, 2.45) is 0 Å². The fourth-order valence-electron chi connectivity index (χ4n) is 0.950. The molecule has 0 radical (unpaired) electrons. The molecule has 0 aliphatic heterocycles. The third kappa shape index (κ3) is 2.93. The van der Waals surface area contributed by atoms with Gasteiger partial charge in [-0.25, -0.2) is 0 Å². The van der Waals surface area contributed by atoms with Gasteiger partial charge in [-0.2, -0.15) is 5.26 Å². The normalized spacial score (nSPS) is 9.73. The van der Waals surface area contributed by atoms with Crippen LogP contribution in [0.2, 0.25) is 10.3 Å². The number of rotatable bonds is 4. The van der Waals surface area contributed by atoms with E-state index in [0.717, 1.165) is 0 Å². The number of hydrogen-bond acceptors (Lipinski definition) is 5. The summed E-state index contributed by atoms with van der Waals surface area (Å²) in [6.45, 7) is 0.533. The van der Waals surface area contributed by atoms with Gasteiger partial charge in [-0.1, -0.05) is 23.2 Å². The molecule has 0 atom stereocenters. The molecule has 0 aromatic carbocycles. The van der Waals surface area contributed by atoms with Crippen LogP contribution < -0.4 is 5.32 Å². The highest BCUT2D eigenvalue weighted by molar-refractivity contribution is 6.34. The zero-order valence-corrected chi connectivity index (χ0v) is 9.18. The molecule has 0 aliphatic carbocycles. The van der Waals surface area contributed by atoms with E-state index in [2.05, 4.69) is 15.5 Å². The SMILES string of the molecule is N#Cc1c(Cl)nnc(Cl)c1NCCCO. The molecule has 1 heterocycles. The minimum atomic E-state index is 0.00778. The van der Waals surface area contributed by atoms with Crippen LogP contribution in [0.1, 0.15) is 12.0 Å². The van der Waals surface area contributed by atoms with Gasteiger partial charge < -0.3 is 10.4 Å². The van der Waals surface area contributed by atoms with Crippen LogP contribution >= 0.6 is 23.2 Å². The lowest BCUT2D eigenvalue weighted by molar-refractivity contribution is 0.292. The summed E-state index contributed by atoms with van der Waals surface area (Å²) in [4.78, 5) is 0. The van der Waals surface area contributed by atoms with Crippen LogP contribution in [0.3, 0.4) is 0 Å². The summed E-state index contributed by atoms with van der Waals surface area (Å²) in [5.74, 6) is 0. The second-order valence-electron chi connectivity index (χ2n) is 2.65. The van der Waals surface area contributed by atoms with Crippen molar-refractivity contribution in [2.45, 2.75) is 6.42 Å². The molecule has 5 nitrogen and oxygen atoms in total. The van der Waals surface area contributed by atoms with E-state index in [1.807, 2.05) is 6.07 Å². The third-order valence-corrected chi connectivity index (χ3v) is 2.17. The Morgan fingerprint density at radius 3 is 2.60 bits per heavy atom. The summed E-state index contributed by atoms with van der Waals surface area (Å²) in [6, 6.07) is 1.89. The molecule has 0 spiro atoms. The van der Waals surface area contributed by atoms with Crippen molar-refractivity contribution >= 4 is 28.9 Å². The van der Waals surface area contributed by atoms with Gasteiger partial charge in [0.1, 0.15) is 11.6 Å². The van der Waals surface area contributed by atoms with E-state index in [9.17, 15) is 0 Å². The third-order valence-electron chi connectivity index (χ3n) is 1.64. The van der Waals surface area contributed by atoms with E-state index in [4.69, 9.17) is 33.6 Å². The fourth-order valence-corrected chi connectivity index (χ4v) is 1.32. The molecule has 0 saturated heterocycles. The number of halogens is 2. The lowest BCUT2D eigenvalue weighted by atomic mass is 10.3. The molecule has 80 valence electrons. The van der Waals surface area contributed by atoms with Crippen LogP contribution in [-0.2, 0) is 0 Å². The van der Waals surface area contributed by atoms with Gasteiger partial charge in [-0.05, 0) is 6.42 Å². The summed E-state index contributed by atoms with van der Waals surface area (Å²) in [7, 11) is 0. The highest BCUT2D eigenvalue weighted by Gasteiger charge is 2.13. The molecule has 0 fully saturated rings. The minimum Gasteiger partial charge on any atom is -0.396 e. The lowest BCUT2D eigenvalue weighted by Gasteiger charge is -2.08. The Balaban J connectivity index is 2.94. The molecule has 1 rings (SSSR count). The van der Waals surface area contributed by atoms with E-state index >= 15 is 0 Å². The second-order valence-corrected chi connectivity index (χ2v) is 3.36. The topological polar surface area (TPSA) is 81.8 Å². The summed E-state index contributed by atoms with van der Waals surface area (Å²) >= 11 is 11.4. The van der Waals surface area contributed by atoms with Gasteiger partial charge >= 0.3 is 0 Å². The number of nitriles is 1. The van der Waals surface area contributed by atoms with Crippen LogP contribution in [0.4, 0.5) is 5.69 Å². The maximum Gasteiger partial charge on any atom is 0.176 e. The molecule has 7 heteroatoms. The summed E-state index contributed by atoms with van der Waals surface area (Å²) in [5, 5.41) is 27.5. The van der Waals surface area contributed by atoms with Crippen molar-refractivity contribution in [1.29, 1.82) is 5.26 Å². The largest absolute Gasteiger partial charge is 0.396 e. The van der Waals surface area contributed by atoms with Gasteiger partial charge in [-0.15, -0.1) is 10.2 Å². The summed E-state index contributed by atoms with van der Waals surface area (Å²) in [5.41, 5.74) is 0.516. The van der Waals surface area contributed by atoms with E-state index in [-0.39, 0.29) is 22.5 Å². The lowest BCUT2D eigenvalue weighted by Crippen LogP contribution is -2.07. The smallest absolute Gasteiger partial charge is 0.176 e. The maximum absolute atomic E-state index is 8.83. The number of aliphatic hydroxyl groups excluding tert-OH is 1. The second kappa shape index (κ2) is 5.71. The highest BCUT2D eigenvalue weighted by Crippen LogP contribution is 2.26. The van der Waals surface area contributed by atoms with E-state index in [1.165, 1.54) is 0 Å². The quantitative estimate of drug-likeness (QED) is 0.787. The number of nitrogens with zero attached hydrogens (tertiary/aromatic N) is 3.